The molecular formula is C22H25ClN6O2. The number of aryl methyl sites for hydroxylation is 1. The number of anilines is 2. The average Bonchev–Trinajstić information content (AvgIpc) is 3.20. The van der Waals surface area contributed by atoms with Gasteiger partial charge in [-0.25, -0.2) is 4.98 Å². The third kappa shape index (κ3) is 3.92. The molecule has 9 heteroatoms. The Kier molecular flexibility index (Phi) is 5.40. The van der Waals surface area contributed by atoms with Crippen molar-refractivity contribution in [1.82, 2.24) is 20.0 Å². The van der Waals surface area contributed by atoms with Crippen molar-refractivity contribution in [3.05, 3.63) is 41.3 Å². The van der Waals surface area contributed by atoms with Crippen molar-refractivity contribution in [3.63, 3.8) is 0 Å². The van der Waals surface area contributed by atoms with Gasteiger partial charge in [0.15, 0.2) is 0 Å². The molecule has 8 nitrogen and oxygen atoms in total. The maximum atomic E-state index is 13.3. The molecule has 0 radical (unpaired) electrons. The third-order valence-electron chi connectivity index (χ3n) is 6.26. The summed E-state index contributed by atoms with van der Waals surface area (Å²) in [4.78, 5) is 28.4. The van der Waals surface area contributed by atoms with Crippen LogP contribution in [0.2, 0.25) is 5.02 Å². The van der Waals surface area contributed by atoms with E-state index in [2.05, 4.69) is 31.0 Å². The van der Waals surface area contributed by atoms with Crippen LogP contribution in [0.3, 0.4) is 0 Å². The summed E-state index contributed by atoms with van der Waals surface area (Å²) in [6, 6.07) is 7.89. The molecule has 2 saturated heterocycles. The van der Waals surface area contributed by atoms with Crippen LogP contribution in [0.5, 0.6) is 0 Å². The predicted octanol–water partition coefficient (Wildman–Crippen LogP) is 3.14. The van der Waals surface area contributed by atoms with Gasteiger partial charge in [-0.1, -0.05) is 22.8 Å². The number of carbonyl (C=O) groups excluding carboxylic acids is 1. The van der Waals surface area contributed by atoms with Crippen molar-refractivity contribution in [2.24, 2.45) is 5.92 Å². The Morgan fingerprint density at radius 1 is 1.13 bits per heavy atom. The van der Waals surface area contributed by atoms with E-state index in [-0.39, 0.29) is 11.8 Å². The van der Waals surface area contributed by atoms with Gasteiger partial charge in [0, 0.05) is 50.0 Å². The number of amides is 1. The Bertz CT molecular complexity index is 1090. The lowest BCUT2D eigenvalue weighted by Gasteiger charge is -2.40. The van der Waals surface area contributed by atoms with Gasteiger partial charge in [-0.15, -0.1) is 0 Å². The third-order valence-corrected chi connectivity index (χ3v) is 6.49. The molecule has 1 unspecified atom stereocenters. The maximum Gasteiger partial charge on any atom is 0.263 e. The number of aromatic nitrogens is 3. The van der Waals surface area contributed by atoms with E-state index in [0.717, 1.165) is 73.2 Å². The minimum absolute atomic E-state index is 0.0309. The van der Waals surface area contributed by atoms with Gasteiger partial charge in [0.2, 0.25) is 5.91 Å². The summed E-state index contributed by atoms with van der Waals surface area (Å²) in [5.41, 5.74) is 2.38. The fourth-order valence-electron chi connectivity index (χ4n) is 4.63. The molecule has 2 aromatic heterocycles. The number of nitrogens with zero attached hydrogens (tertiary/aromatic N) is 6. The molecule has 31 heavy (non-hydrogen) atoms. The largest absolute Gasteiger partial charge is 0.368 e. The molecule has 3 aromatic rings. The Morgan fingerprint density at radius 3 is 2.77 bits per heavy atom. The highest BCUT2D eigenvalue weighted by Gasteiger charge is 2.32. The summed E-state index contributed by atoms with van der Waals surface area (Å²) < 4.78 is 5.29. The van der Waals surface area contributed by atoms with Gasteiger partial charge in [0.25, 0.3) is 5.71 Å². The highest BCUT2D eigenvalue weighted by atomic mass is 35.5. The van der Waals surface area contributed by atoms with E-state index in [9.17, 15) is 4.79 Å². The molecule has 1 aromatic carbocycles. The monoisotopic (exact) mass is 440 g/mol. The highest BCUT2D eigenvalue weighted by molar-refractivity contribution is 6.30. The van der Waals surface area contributed by atoms with Crippen molar-refractivity contribution in [1.29, 1.82) is 0 Å². The quantitative estimate of drug-likeness (QED) is 0.619. The van der Waals surface area contributed by atoms with Gasteiger partial charge < -0.3 is 19.2 Å². The van der Waals surface area contributed by atoms with E-state index >= 15 is 0 Å². The maximum absolute atomic E-state index is 13.3. The molecule has 0 spiro atoms. The first-order valence-electron chi connectivity index (χ1n) is 10.7. The topological polar surface area (TPSA) is 78.6 Å². The average molecular weight is 441 g/mol. The van der Waals surface area contributed by atoms with Crippen molar-refractivity contribution in [2.75, 3.05) is 49.1 Å². The SMILES string of the molecule is Cc1noc2ncnc(N3CCCC(C(=O)N4CCN(c5cccc(Cl)c5)CC4)C3)c12. The van der Waals surface area contributed by atoms with E-state index in [1.54, 1.807) is 0 Å². The van der Waals surface area contributed by atoms with E-state index in [1.807, 2.05) is 30.0 Å². The lowest BCUT2D eigenvalue weighted by Crippen LogP contribution is -2.52. The molecule has 4 heterocycles. The zero-order chi connectivity index (χ0) is 21.4. The molecule has 162 valence electrons. The van der Waals surface area contributed by atoms with E-state index < -0.39 is 0 Å². The van der Waals surface area contributed by atoms with Crippen LogP contribution in [0.1, 0.15) is 18.5 Å². The van der Waals surface area contributed by atoms with E-state index in [4.69, 9.17) is 16.1 Å². The van der Waals surface area contributed by atoms with E-state index in [0.29, 0.717) is 12.3 Å². The predicted molar refractivity (Wildman–Crippen MR) is 120 cm³/mol. The second kappa shape index (κ2) is 8.34. The molecule has 0 bridgehead atoms. The molecule has 1 amide bonds. The van der Waals surface area contributed by atoms with Crippen molar-refractivity contribution in [3.8, 4) is 0 Å². The van der Waals surface area contributed by atoms with Crippen LogP contribution in [0.25, 0.3) is 11.1 Å². The molecule has 0 saturated carbocycles. The first-order chi connectivity index (χ1) is 15.1. The molecule has 2 aliphatic heterocycles. The summed E-state index contributed by atoms with van der Waals surface area (Å²) in [5.74, 6) is 1.02. The number of hydrogen-bond acceptors (Lipinski definition) is 7. The standard InChI is InChI=1S/C22H25ClN6O2/c1-15-19-20(24-14-25-21(19)31-26-15)29-7-3-4-16(13-29)22(30)28-10-8-27(9-11-28)18-6-2-5-17(23)12-18/h2,5-6,12,14,16H,3-4,7-11,13H2,1H3. The van der Waals surface area contributed by atoms with Crippen LogP contribution in [-0.4, -0.2) is 65.2 Å². The first-order valence-corrected chi connectivity index (χ1v) is 11.1. The van der Waals surface area contributed by atoms with E-state index in [1.165, 1.54) is 6.33 Å². The van der Waals surface area contributed by atoms with Crippen molar-refractivity contribution < 1.29 is 9.32 Å². The van der Waals surface area contributed by atoms with Crippen LogP contribution in [0.15, 0.2) is 35.1 Å². The number of piperazine rings is 1. The van der Waals surface area contributed by atoms with Gasteiger partial charge in [0.1, 0.15) is 17.5 Å². The number of halogens is 1. The molecule has 0 aliphatic carbocycles. The summed E-state index contributed by atoms with van der Waals surface area (Å²) in [7, 11) is 0. The van der Waals surface area contributed by atoms with Gasteiger partial charge in [-0.2, -0.15) is 4.98 Å². The van der Waals surface area contributed by atoms with Gasteiger partial charge in [-0.05, 0) is 38.0 Å². The fourth-order valence-corrected chi connectivity index (χ4v) is 4.82. The Labute approximate surface area is 185 Å². The van der Waals surface area contributed by atoms with Crippen molar-refractivity contribution in [2.45, 2.75) is 19.8 Å². The second-order valence-electron chi connectivity index (χ2n) is 8.22. The number of hydrogen-bond donors (Lipinski definition) is 0. The van der Waals surface area contributed by atoms with Crippen LogP contribution < -0.4 is 9.80 Å². The summed E-state index contributed by atoms with van der Waals surface area (Å²) in [5, 5.41) is 5.60. The molecular weight excluding hydrogens is 416 g/mol. The summed E-state index contributed by atoms with van der Waals surface area (Å²) in [6.07, 6.45) is 3.36. The fraction of sp³-hybridized carbons (Fsp3) is 0.455. The number of benzene rings is 1. The minimum Gasteiger partial charge on any atom is -0.368 e. The lowest BCUT2D eigenvalue weighted by molar-refractivity contribution is -0.136. The van der Waals surface area contributed by atoms with Crippen molar-refractivity contribution >= 4 is 40.1 Å². The smallest absolute Gasteiger partial charge is 0.263 e. The summed E-state index contributed by atoms with van der Waals surface area (Å²) >= 11 is 6.13. The Hall–Kier alpha value is -2.87. The zero-order valence-corrected chi connectivity index (χ0v) is 18.3. The van der Waals surface area contributed by atoms with Crippen LogP contribution >= 0.6 is 11.6 Å². The Balaban J connectivity index is 1.25. The van der Waals surface area contributed by atoms with Crippen LogP contribution in [0.4, 0.5) is 11.5 Å². The molecule has 1 atom stereocenters. The van der Waals surface area contributed by atoms with Gasteiger partial charge >= 0.3 is 0 Å². The zero-order valence-electron chi connectivity index (χ0n) is 17.5. The molecule has 5 rings (SSSR count). The van der Waals surface area contributed by atoms with Gasteiger partial charge in [0.05, 0.1) is 11.6 Å². The number of rotatable bonds is 3. The minimum atomic E-state index is -0.0309. The summed E-state index contributed by atoms with van der Waals surface area (Å²) in [6.45, 7) is 6.50. The van der Waals surface area contributed by atoms with Crippen LogP contribution in [-0.2, 0) is 4.79 Å². The molecule has 2 aliphatic rings. The number of fused-ring (bicyclic) bond motifs is 1. The highest BCUT2D eigenvalue weighted by Crippen LogP contribution is 2.30. The molecule has 0 N–H and O–H groups in total. The number of carbonyl (C=O) groups is 1. The molecule has 2 fully saturated rings. The van der Waals surface area contributed by atoms with Crippen LogP contribution in [0, 0.1) is 12.8 Å². The second-order valence-corrected chi connectivity index (χ2v) is 8.66. The number of piperidine rings is 1. The Morgan fingerprint density at radius 2 is 1.97 bits per heavy atom. The normalized spacial score (nSPS) is 19.8. The van der Waals surface area contributed by atoms with Gasteiger partial charge in [-0.3, -0.25) is 4.79 Å². The lowest BCUT2D eigenvalue weighted by atomic mass is 9.96. The first kappa shape index (κ1) is 20.1.